The number of nitrogens with two attached hydrogens (primary N) is 3. The highest BCUT2D eigenvalue weighted by molar-refractivity contribution is 8.76. The van der Waals surface area contributed by atoms with Gasteiger partial charge in [0.2, 0.25) is 53.2 Å². The zero-order chi connectivity index (χ0) is 52.8. The van der Waals surface area contributed by atoms with E-state index in [4.69, 9.17) is 17.2 Å². The minimum absolute atomic E-state index is 0.00664. The molecule has 0 saturated carbocycles. The third-order valence-corrected chi connectivity index (χ3v) is 13.1. The number of carbonyl (C=O) groups is 11. The lowest BCUT2D eigenvalue weighted by molar-refractivity contribution is -0.143. The Morgan fingerprint density at radius 3 is 1.93 bits per heavy atom. The third kappa shape index (κ3) is 19.5. The Morgan fingerprint density at radius 1 is 0.718 bits per heavy atom. The molecule has 9 unspecified atom stereocenters. The molecule has 392 valence electrons. The Morgan fingerprint density at radius 2 is 1.31 bits per heavy atom. The molecular weight excluding hydrogens is 979 g/mol. The highest BCUT2D eigenvalue weighted by Gasteiger charge is 2.40. The number of benzene rings is 1. The first-order valence-electron chi connectivity index (χ1n) is 22.1. The van der Waals surface area contributed by atoms with Crippen molar-refractivity contribution in [1.29, 1.82) is 0 Å². The van der Waals surface area contributed by atoms with E-state index in [2.05, 4.69) is 47.5 Å². The van der Waals surface area contributed by atoms with Gasteiger partial charge in [-0.2, -0.15) is 0 Å². The zero-order valence-corrected chi connectivity index (χ0v) is 40.1. The molecule has 0 aromatic heterocycles. The van der Waals surface area contributed by atoms with Gasteiger partial charge in [0.1, 0.15) is 48.3 Å². The molecule has 30 heteroatoms. The molecule has 0 spiro atoms. The van der Waals surface area contributed by atoms with Crippen molar-refractivity contribution in [3.8, 4) is 0 Å². The molecule has 0 bridgehead atoms. The van der Waals surface area contributed by atoms with Crippen molar-refractivity contribution in [3.63, 3.8) is 0 Å². The fourth-order valence-corrected chi connectivity index (χ4v) is 9.17. The summed E-state index contributed by atoms with van der Waals surface area (Å²) in [6.07, 6.45) is -0.701. The van der Waals surface area contributed by atoms with Gasteiger partial charge in [0.15, 0.2) is 5.96 Å². The number of hydrogen-bond donors (Lipinski definition) is 15. The summed E-state index contributed by atoms with van der Waals surface area (Å²) in [5.74, 6) is -12.7. The van der Waals surface area contributed by atoms with E-state index >= 15 is 0 Å². The van der Waals surface area contributed by atoms with E-state index in [0.717, 1.165) is 26.5 Å². The Kier molecular flexibility index (Phi) is 24.3. The van der Waals surface area contributed by atoms with Crippen LogP contribution in [0.2, 0.25) is 0 Å². The molecule has 2 saturated heterocycles. The Balaban J connectivity index is 1.97. The largest absolute Gasteiger partial charge is 0.481 e. The molecule has 18 N–H and O–H groups in total. The van der Waals surface area contributed by atoms with Gasteiger partial charge in [-0.1, -0.05) is 51.9 Å². The number of fused-ring (bicyclic) bond motifs is 1. The number of nitrogens with zero attached hydrogens (tertiary/aromatic N) is 2. The molecule has 1 aromatic carbocycles. The number of aliphatic hydroxyl groups is 2. The predicted molar refractivity (Wildman–Crippen MR) is 254 cm³/mol. The van der Waals surface area contributed by atoms with Crippen LogP contribution in [-0.4, -0.2) is 195 Å². The first-order chi connectivity index (χ1) is 33.6. The number of hydrogen-bond acceptors (Lipinski definition) is 17. The standard InChI is InChI=1S/C41H61N13O15S2/c1-20-32(60)51-26(16-55)36(64)52-27(17-56)37(65)53-28(40(68)69)19-71-70-18-22(42)33(61)49-23(9-5-11-45-41(43)44)34(62)46-15-30(57)48-24(14-31(58)59)35(63)50-25(13-21-7-3-2-4-8-21)39(67)54-12-6-10-29(54)38(66)47-20/h2-4,7-8,20,22-29,55-56H,5-6,9-19,42H2,1H3,(H,46,62)(H,47,66)(H,48,57)(H,49,61)(H,50,63)(H,51,60)(H,52,64)(H,53,65)(H,58,59)(H,68,69)(H4,43,44,45). The number of aliphatic carboxylic acids is 2. The van der Waals surface area contributed by atoms with Gasteiger partial charge in [0, 0.05) is 31.0 Å². The molecule has 0 aliphatic carbocycles. The number of carbonyl (C=O) groups excluding carboxylic acids is 9. The predicted octanol–water partition coefficient (Wildman–Crippen LogP) is -6.93. The second-order valence-corrected chi connectivity index (χ2v) is 18.7. The zero-order valence-electron chi connectivity index (χ0n) is 38.5. The van der Waals surface area contributed by atoms with E-state index in [1.165, 1.54) is 6.92 Å². The van der Waals surface area contributed by atoms with Gasteiger partial charge in [-0.15, -0.1) is 0 Å². The van der Waals surface area contributed by atoms with Gasteiger partial charge in [0.05, 0.1) is 32.2 Å². The fourth-order valence-electron chi connectivity index (χ4n) is 6.89. The van der Waals surface area contributed by atoms with Crippen LogP contribution in [0.5, 0.6) is 0 Å². The van der Waals surface area contributed by atoms with Crippen LogP contribution in [0, 0.1) is 0 Å². The van der Waals surface area contributed by atoms with Gasteiger partial charge in [0.25, 0.3) is 0 Å². The number of aliphatic imine (C=N–C) groups is 1. The van der Waals surface area contributed by atoms with E-state index in [1.807, 2.05) is 0 Å². The average molecular weight is 1040 g/mol. The van der Waals surface area contributed by atoms with Crippen molar-refractivity contribution < 1.29 is 73.2 Å². The Hall–Kier alpha value is -6.76. The highest BCUT2D eigenvalue weighted by atomic mass is 33.1. The van der Waals surface area contributed by atoms with Gasteiger partial charge in [-0.3, -0.25) is 52.9 Å². The van der Waals surface area contributed by atoms with E-state index < -0.39 is 146 Å². The Bertz CT molecular complexity index is 2120. The van der Waals surface area contributed by atoms with Crippen LogP contribution in [0.4, 0.5) is 0 Å². The summed E-state index contributed by atoms with van der Waals surface area (Å²) in [5.41, 5.74) is 17.4. The van der Waals surface area contributed by atoms with Gasteiger partial charge < -0.3 is 85.1 Å². The van der Waals surface area contributed by atoms with Crippen LogP contribution < -0.4 is 59.7 Å². The van der Waals surface area contributed by atoms with Crippen molar-refractivity contribution in [2.45, 2.75) is 99.8 Å². The summed E-state index contributed by atoms with van der Waals surface area (Å²) in [5, 5.41) is 57.9. The van der Waals surface area contributed by atoms with Gasteiger partial charge >= 0.3 is 11.9 Å². The van der Waals surface area contributed by atoms with E-state index in [1.54, 1.807) is 30.3 Å². The molecule has 3 rings (SSSR count). The van der Waals surface area contributed by atoms with E-state index in [-0.39, 0.29) is 56.2 Å². The van der Waals surface area contributed by atoms with Crippen LogP contribution in [0.3, 0.4) is 0 Å². The fraction of sp³-hybridized carbons (Fsp3) is 0.561. The van der Waals surface area contributed by atoms with Crippen LogP contribution in [0.15, 0.2) is 35.3 Å². The van der Waals surface area contributed by atoms with Crippen LogP contribution in [0.25, 0.3) is 0 Å². The summed E-state index contributed by atoms with van der Waals surface area (Å²) in [4.78, 5) is 150. The molecule has 2 heterocycles. The normalized spacial score (nSPS) is 26.7. The number of carboxylic acids is 2. The molecule has 2 aliphatic rings. The molecule has 1 aromatic rings. The lowest BCUT2D eigenvalue weighted by Gasteiger charge is -2.30. The maximum absolute atomic E-state index is 14.3. The van der Waals surface area contributed by atoms with Crippen molar-refractivity contribution in [2.24, 2.45) is 22.2 Å². The van der Waals surface area contributed by atoms with Crippen LogP contribution in [-0.2, 0) is 59.2 Å². The first kappa shape index (κ1) is 58.6. The van der Waals surface area contributed by atoms with Crippen molar-refractivity contribution in [2.75, 3.05) is 44.4 Å². The maximum Gasteiger partial charge on any atom is 0.327 e. The summed E-state index contributed by atoms with van der Waals surface area (Å²) >= 11 is 0. The SMILES string of the molecule is CC1NC(=O)C2CCCN2C(=O)C(Cc2ccccc2)NC(=O)C(CC(=O)O)NC(=O)CNC(=O)C(CCCN=C(N)N)NC(=O)C(N)CSSCC(C(=O)O)NC(=O)C(CO)NC(=O)C(CO)NC1=O. The second kappa shape index (κ2) is 29.4. The number of aliphatic hydroxyl groups excluding tert-OH is 2. The molecule has 0 radical (unpaired) electrons. The van der Waals surface area contributed by atoms with Crippen molar-refractivity contribution in [1.82, 2.24) is 47.4 Å². The molecular formula is C41H61N13O15S2. The summed E-state index contributed by atoms with van der Waals surface area (Å²) in [6, 6.07) is -5.36. The molecule has 71 heavy (non-hydrogen) atoms. The minimum atomic E-state index is -1.81. The number of amides is 9. The lowest BCUT2D eigenvalue weighted by Crippen LogP contribution is -2.60. The van der Waals surface area contributed by atoms with Crippen molar-refractivity contribution in [3.05, 3.63) is 35.9 Å². The Labute approximate surface area is 414 Å². The molecule has 28 nitrogen and oxygen atoms in total. The monoisotopic (exact) mass is 1040 g/mol. The minimum Gasteiger partial charge on any atom is -0.481 e. The smallest absolute Gasteiger partial charge is 0.327 e. The summed E-state index contributed by atoms with van der Waals surface area (Å²) in [7, 11) is 1.78. The lowest BCUT2D eigenvalue weighted by atomic mass is 10.0. The molecule has 2 fully saturated rings. The van der Waals surface area contributed by atoms with Gasteiger partial charge in [-0.25, -0.2) is 4.79 Å². The van der Waals surface area contributed by atoms with Crippen LogP contribution >= 0.6 is 21.6 Å². The molecule has 2 aliphatic heterocycles. The highest BCUT2D eigenvalue weighted by Crippen LogP contribution is 2.23. The average Bonchev–Trinajstić information content (AvgIpc) is 3.82. The topological polar surface area (TPSA) is 459 Å². The number of rotatable bonds is 11. The van der Waals surface area contributed by atoms with Crippen molar-refractivity contribution >= 4 is 92.7 Å². The summed E-state index contributed by atoms with van der Waals surface area (Å²) in [6.45, 7) is -1.65. The van der Waals surface area contributed by atoms with Gasteiger partial charge in [-0.05, 0) is 38.2 Å². The number of guanidine groups is 1. The number of nitrogens with one attached hydrogen (secondary N) is 8. The van der Waals surface area contributed by atoms with E-state index in [0.29, 0.717) is 12.0 Å². The molecule has 9 amide bonds. The third-order valence-electron chi connectivity index (χ3n) is 10.7. The quantitative estimate of drug-likeness (QED) is 0.0424. The van der Waals surface area contributed by atoms with E-state index in [9.17, 15) is 73.2 Å². The van der Waals surface area contributed by atoms with Crippen LogP contribution in [0.1, 0.15) is 44.6 Å². The first-order valence-corrected chi connectivity index (χ1v) is 24.6. The second-order valence-electron chi connectivity index (χ2n) is 16.2. The number of carboxylic acid groups (broad SMARTS) is 2. The molecule has 9 atom stereocenters. The summed E-state index contributed by atoms with van der Waals surface area (Å²) < 4.78 is 0. The maximum atomic E-state index is 14.3.